The maximum atomic E-state index is 13.7. The average Bonchev–Trinajstić information content (AvgIpc) is 3.20. The summed E-state index contributed by atoms with van der Waals surface area (Å²) in [6.45, 7) is 4.10. The van der Waals surface area contributed by atoms with Crippen molar-refractivity contribution in [2.75, 3.05) is 11.5 Å². The van der Waals surface area contributed by atoms with E-state index in [9.17, 15) is 13.2 Å². The lowest BCUT2D eigenvalue weighted by atomic mass is 9.86. The molecule has 3 rings (SSSR count). The van der Waals surface area contributed by atoms with Gasteiger partial charge in [0, 0.05) is 17.1 Å². The van der Waals surface area contributed by atoms with Crippen LogP contribution in [-0.4, -0.2) is 42.8 Å². The minimum absolute atomic E-state index is 0.0799. The van der Waals surface area contributed by atoms with Crippen molar-refractivity contribution in [2.24, 2.45) is 5.92 Å². The number of sulfone groups is 1. The SMILES string of the molecule is CC(C)[C@@H](C(=O)N(C1CCCC1)[C@@H]1CCS(=O)(=O)C1)c1ccc(Cl)cc1. The molecule has 1 saturated carbocycles. The van der Waals surface area contributed by atoms with E-state index in [2.05, 4.69) is 13.8 Å². The van der Waals surface area contributed by atoms with E-state index < -0.39 is 9.84 Å². The van der Waals surface area contributed by atoms with Crippen LogP contribution >= 0.6 is 11.6 Å². The Labute approximate surface area is 161 Å². The van der Waals surface area contributed by atoms with E-state index in [1.165, 1.54) is 0 Å². The predicted molar refractivity (Wildman–Crippen MR) is 105 cm³/mol. The second kappa shape index (κ2) is 7.89. The number of halogens is 1. The summed E-state index contributed by atoms with van der Waals surface area (Å²) in [5, 5.41) is 0.651. The van der Waals surface area contributed by atoms with Crippen molar-refractivity contribution in [3.8, 4) is 0 Å². The predicted octanol–water partition coefficient (Wildman–Crippen LogP) is 4.04. The van der Waals surface area contributed by atoms with Crippen LogP contribution in [0.15, 0.2) is 24.3 Å². The van der Waals surface area contributed by atoms with Crippen molar-refractivity contribution in [1.29, 1.82) is 0 Å². The fourth-order valence-electron chi connectivity index (χ4n) is 4.48. The van der Waals surface area contributed by atoms with Gasteiger partial charge in [0.25, 0.3) is 0 Å². The second-order valence-electron chi connectivity index (χ2n) is 8.01. The van der Waals surface area contributed by atoms with E-state index in [1.54, 1.807) is 0 Å². The summed E-state index contributed by atoms with van der Waals surface area (Å²) >= 11 is 6.01. The third-order valence-corrected chi connectivity index (χ3v) is 7.74. The number of hydrogen-bond acceptors (Lipinski definition) is 3. The van der Waals surface area contributed by atoms with Gasteiger partial charge in [-0.05, 0) is 42.9 Å². The van der Waals surface area contributed by atoms with Crippen LogP contribution in [0.25, 0.3) is 0 Å². The van der Waals surface area contributed by atoms with Crippen molar-refractivity contribution in [3.63, 3.8) is 0 Å². The zero-order valence-electron chi connectivity index (χ0n) is 15.5. The second-order valence-corrected chi connectivity index (χ2v) is 10.7. The first kappa shape index (κ1) is 19.7. The van der Waals surface area contributed by atoms with Crippen LogP contribution in [0.3, 0.4) is 0 Å². The van der Waals surface area contributed by atoms with Crippen LogP contribution in [-0.2, 0) is 14.6 Å². The van der Waals surface area contributed by atoms with Gasteiger partial charge < -0.3 is 4.90 Å². The number of amides is 1. The first-order valence-corrected chi connectivity index (χ1v) is 11.8. The highest BCUT2D eigenvalue weighted by Crippen LogP contribution is 2.35. The topological polar surface area (TPSA) is 54.5 Å². The summed E-state index contributed by atoms with van der Waals surface area (Å²) in [6, 6.07) is 7.48. The van der Waals surface area contributed by atoms with E-state index in [-0.39, 0.29) is 41.3 Å². The van der Waals surface area contributed by atoms with Gasteiger partial charge in [-0.25, -0.2) is 8.42 Å². The maximum Gasteiger partial charge on any atom is 0.230 e. The van der Waals surface area contributed by atoms with Crippen LogP contribution in [0.4, 0.5) is 0 Å². The number of hydrogen-bond donors (Lipinski definition) is 0. The van der Waals surface area contributed by atoms with Gasteiger partial charge in [0.15, 0.2) is 9.84 Å². The Hall–Kier alpha value is -1.07. The number of benzene rings is 1. The molecule has 2 aliphatic rings. The summed E-state index contributed by atoms with van der Waals surface area (Å²) in [4.78, 5) is 15.6. The van der Waals surface area contributed by atoms with E-state index >= 15 is 0 Å². The van der Waals surface area contributed by atoms with Gasteiger partial charge in [-0.3, -0.25) is 4.79 Å². The Balaban J connectivity index is 1.92. The molecule has 1 aliphatic carbocycles. The Bertz CT molecular complexity index is 739. The molecule has 1 aromatic carbocycles. The quantitative estimate of drug-likeness (QED) is 0.753. The van der Waals surface area contributed by atoms with Crippen molar-refractivity contribution >= 4 is 27.3 Å². The van der Waals surface area contributed by atoms with Crippen molar-refractivity contribution in [1.82, 2.24) is 4.90 Å². The molecule has 2 atom stereocenters. The Morgan fingerprint density at radius 1 is 1.08 bits per heavy atom. The molecule has 4 nitrogen and oxygen atoms in total. The smallest absolute Gasteiger partial charge is 0.230 e. The molecular formula is C20H28ClNO3S. The molecule has 0 bridgehead atoms. The molecule has 1 amide bonds. The van der Waals surface area contributed by atoms with Crippen LogP contribution in [0.5, 0.6) is 0 Å². The molecule has 0 unspecified atom stereocenters. The summed E-state index contributed by atoms with van der Waals surface area (Å²) < 4.78 is 24.1. The average molecular weight is 398 g/mol. The molecule has 26 heavy (non-hydrogen) atoms. The summed E-state index contributed by atoms with van der Waals surface area (Å²) in [6.07, 6.45) is 4.75. The lowest BCUT2D eigenvalue weighted by Gasteiger charge is -2.38. The maximum absolute atomic E-state index is 13.7. The molecule has 0 aromatic heterocycles. The molecule has 1 aliphatic heterocycles. The van der Waals surface area contributed by atoms with Gasteiger partial charge in [0.05, 0.1) is 17.4 Å². The molecule has 0 spiro atoms. The Morgan fingerprint density at radius 2 is 1.69 bits per heavy atom. The number of carbonyl (C=O) groups excluding carboxylic acids is 1. The minimum Gasteiger partial charge on any atom is -0.335 e. The van der Waals surface area contributed by atoms with Gasteiger partial charge in [-0.15, -0.1) is 0 Å². The molecular weight excluding hydrogens is 370 g/mol. The molecule has 0 N–H and O–H groups in total. The summed E-state index contributed by atoms with van der Waals surface area (Å²) in [5.74, 6) is 0.250. The zero-order valence-corrected chi connectivity index (χ0v) is 17.1. The molecule has 1 heterocycles. The van der Waals surface area contributed by atoms with Gasteiger partial charge in [-0.2, -0.15) is 0 Å². The van der Waals surface area contributed by atoms with E-state index in [4.69, 9.17) is 11.6 Å². The van der Waals surface area contributed by atoms with Crippen molar-refractivity contribution in [2.45, 2.75) is 64.0 Å². The number of carbonyl (C=O) groups is 1. The molecule has 144 valence electrons. The molecule has 0 radical (unpaired) electrons. The van der Waals surface area contributed by atoms with Crippen LogP contribution in [0, 0.1) is 5.92 Å². The summed E-state index contributed by atoms with van der Waals surface area (Å²) in [5.41, 5.74) is 0.957. The van der Waals surface area contributed by atoms with Gasteiger partial charge in [0.1, 0.15) is 0 Å². The van der Waals surface area contributed by atoms with Gasteiger partial charge in [0.2, 0.25) is 5.91 Å². The fourth-order valence-corrected chi connectivity index (χ4v) is 6.32. The van der Waals surface area contributed by atoms with Crippen LogP contribution in [0.1, 0.15) is 57.4 Å². The first-order valence-electron chi connectivity index (χ1n) is 9.56. The third-order valence-electron chi connectivity index (χ3n) is 5.74. The van der Waals surface area contributed by atoms with E-state index in [1.807, 2.05) is 29.2 Å². The van der Waals surface area contributed by atoms with Crippen LogP contribution < -0.4 is 0 Å². The third kappa shape index (κ3) is 4.25. The highest BCUT2D eigenvalue weighted by Gasteiger charge is 2.41. The largest absolute Gasteiger partial charge is 0.335 e. The van der Waals surface area contributed by atoms with Crippen molar-refractivity contribution in [3.05, 3.63) is 34.9 Å². The molecule has 1 saturated heterocycles. The number of rotatable bonds is 5. The Kier molecular flexibility index (Phi) is 5.97. The zero-order chi connectivity index (χ0) is 18.9. The van der Waals surface area contributed by atoms with Gasteiger partial charge in [-0.1, -0.05) is 50.4 Å². The lowest BCUT2D eigenvalue weighted by Crippen LogP contribution is -2.49. The van der Waals surface area contributed by atoms with Crippen molar-refractivity contribution < 1.29 is 13.2 Å². The standard InChI is InChI=1S/C20H28ClNO3S/c1-14(2)19(15-7-9-16(21)10-8-15)20(23)22(17-5-3-4-6-17)18-11-12-26(24,25)13-18/h7-10,14,17-19H,3-6,11-13H2,1-2H3/t18-,19-/m1/s1. The number of nitrogens with zero attached hydrogens (tertiary/aromatic N) is 1. The first-order chi connectivity index (χ1) is 12.3. The fraction of sp³-hybridized carbons (Fsp3) is 0.650. The molecule has 2 fully saturated rings. The Morgan fingerprint density at radius 3 is 2.19 bits per heavy atom. The monoisotopic (exact) mass is 397 g/mol. The van der Waals surface area contributed by atoms with E-state index in [0.29, 0.717) is 11.4 Å². The van der Waals surface area contributed by atoms with E-state index in [0.717, 1.165) is 31.2 Å². The summed E-state index contributed by atoms with van der Waals surface area (Å²) in [7, 11) is -3.03. The molecule has 1 aromatic rings. The minimum atomic E-state index is -3.03. The van der Waals surface area contributed by atoms with Gasteiger partial charge >= 0.3 is 0 Å². The molecule has 6 heteroatoms. The highest BCUT2D eigenvalue weighted by atomic mass is 35.5. The lowest BCUT2D eigenvalue weighted by molar-refractivity contribution is -0.138. The van der Waals surface area contributed by atoms with Crippen LogP contribution in [0.2, 0.25) is 5.02 Å². The highest BCUT2D eigenvalue weighted by molar-refractivity contribution is 7.91. The normalized spacial score (nSPS) is 24.1.